The van der Waals surface area contributed by atoms with E-state index in [9.17, 15) is 9.59 Å². The van der Waals surface area contributed by atoms with Crippen LogP contribution in [0.4, 0.5) is 5.69 Å². The molecule has 2 aromatic rings. The van der Waals surface area contributed by atoms with Gasteiger partial charge >= 0.3 is 0 Å². The molecule has 5 nitrogen and oxygen atoms in total. The largest absolute Gasteiger partial charge is 0.283 e. The number of carbonyl (C=O) groups is 2. The molecule has 5 heteroatoms. The van der Waals surface area contributed by atoms with E-state index >= 15 is 0 Å². The molecule has 2 amide bonds. The smallest absolute Gasteiger partial charge is 0.261 e. The number of hydrogen-bond donors (Lipinski definition) is 0. The molecule has 24 heavy (non-hydrogen) atoms. The zero-order valence-electron chi connectivity index (χ0n) is 13.5. The van der Waals surface area contributed by atoms with Gasteiger partial charge in [-0.2, -0.15) is 0 Å². The molecule has 0 aromatic heterocycles. The minimum Gasteiger partial charge on any atom is -0.283 e. The number of hydroxylamine groups is 1. The summed E-state index contributed by atoms with van der Waals surface area (Å²) in [5.41, 5.74) is 2.94. The predicted molar refractivity (Wildman–Crippen MR) is 89.0 cm³/mol. The number of likely N-dealkylation sites (N-methyl/N-ethyl adjacent to an activating group) is 1. The summed E-state index contributed by atoms with van der Waals surface area (Å²) < 4.78 is 0. The first kappa shape index (κ1) is 14.9. The van der Waals surface area contributed by atoms with Crippen molar-refractivity contribution in [3.63, 3.8) is 0 Å². The van der Waals surface area contributed by atoms with Crippen LogP contribution in [0, 0.1) is 12.8 Å². The molecule has 3 atom stereocenters. The summed E-state index contributed by atoms with van der Waals surface area (Å²) >= 11 is 0. The van der Waals surface area contributed by atoms with Gasteiger partial charge < -0.3 is 0 Å². The van der Waals surface area contributed by atoms with Gasteiger partial charge in [0.25, 0.3) is 5.91 Å². The van der Waals surface area contributed by atoms with Gasteiger partial charge in [-0.05, 0) is 24.6 Å². The van der Waals surface area contributed by atoms with Gasteiger partial charge in [0.1, 0.15) is 5.92 Å². The Balaban J connectivity index is 1.81. The molecule has 0 spiro atoms. The van der Waals surface area contributed by atoms with Crippen LogP contribution >= 0.6 is 0 Å². The molecule has 0 N–H and O–H groups in total. The summed E-state index contributed by atoms with van der Waals surface area (Å²) in [4.78, 5) is 32.1. The summed E-state index contributed by atoms with van der Waals surface area (Å²) in [5.74, 6) is -0.986. The highest BCUT2D eigenvalue weighted by atomic mass is 16.7. The van der Waals surface area contributed by atoms with Crippen molar-refractivity contribution < 1.29 is 14.4 Å². The van der Waals surface area contributed by atoms with Crippen molar-refractivity contribution in [2.24, 2.45) is 5.92 Å². The third-order valence-electron chi connectivity index (χ3n) is 4.77. The number of nitrogens with zero attached hydrogens (tertiary/aromatic N) is 2. The molecular formula is C19H18N2O3. The molecule has 2 saturated heterocycles. The highest BCUT2D eigenvalue weighted by molar-refractivity contribution is 6.07. The number of hydrogen-bond acceptors (Lipinski definition) is 4. The fourth-order valence-corrected chi connectivity index (χ4v) is 3.45. The number of carbonyl (C=O) groups excluding carboxylic acids is 2. The van der Waals surface area contributed by atoms with Crippen LogP contribution in [-0.2, 0) is 14.4 Å². The van der Waals surface area contributed by atoms with Crippen LogP contribution in [0.15, 0.2) is 54.6 Å². The fraction of sp³-hybridized carbons (Fsp3) is 0.263. The average Bonchev–Trinajstić information content (AvgIpc) is 3.09. The van der Waals surface area contributed by atoms with Crippen molar-refractivity contribution in [2.45, 2.75) is 19.1 Å². The first-order valence-electron chi connectivity index (χ1n) is 7.97. The molecule has 0 radical (unpaired) electrons. The van der Waals surface area contributed by atoms with Crippen LogP contribution < -0.4 is 5.06 Å². The maximum Gasteiger partial charge on any atom is 0.261 e. The summed E-state index contributed by atoms with van der Waals surface area (Å²) in [6.07, 6.45) is -0.756. The number of imide groups is 1. The second-order valence-corrected chi connectivity index (χ2v) is 6.30. The van der Waals surface area contributed by atoms with Crippen molar-refractivity contribution in [3.8, 4) is 0 Å². The lowest BCUT2D eigenvalue weighted by molar-refractivity contribution is -0.141. The Morgan fingerprint density at radius 3 is 2.25 bits per heavy atom. The van der Waals surface area contributed by atoms with Crippen LogP contribution in [0.5, 0.6) is 0 Å². The van der Waals surface area contributed by atoms with Gasteiger partial charge in [-0.1, -0.05) is 48.0 Å². The molecule has 0 bridgehead atoms. The van der Waals surface area contributed by atoms with E-state index in [4.69, 9.17) is 4.84 Å². The van der Waals surface area contributed by atoms with Gasteiger partial charge in [0.2, 0.25) is 5.91 Å². The van der Waals surface area contributed by atoms with Gasteiger partial charge in [-0.3, -0.25) is 19.3 Å². The Bertz CT molecular complexity index is 788. The summed E-state index contributed by atoms with van der Waals surface area (Å²) in [5, 5.41) is 1.71. The molecule has 2 aliphatic rings. The topological polar surface area (TPSA) is 49.9 Å². The van der Waals surface area contributed by atoms with Crippen molar-refractivity contribution in [3.05, 3.63) is 65.7 Å². The Labute approximate surface area is 140 Å². The normalized spacial score (nSPS) is 26.2. The van der Waals surface area contributed by atoms with Crippen molar-refractivity contribution >= 4 is 17.5 Å². The van der Waals surface area contributed by atoms with Crippen LogP contribution in [-0.4, -0.2) is 29.9 Å². The first-order chi connectivity index (χ1) is 11.6. The Hall–Kier alpha value is -2.66. The predicted octanol–water partition coefficient (Wildman–Crippen LogP) is 2.47. The van der Waals surface area contributed by atoms with Gasteiger partial charge in [0.05, 0.1) is 11.7 Å². The van der Waals surface area contributed by atoms with Crippen molar-refractivity contribution in [1.29, 1.82) is 0 Å². The zero-order chi connectivity index (χ0) is 16.8. The Kier molecular flexibility index (Phi) is 3.39. The molecule has 4 rings (SSSR count). The molecule has 2 aromatic carbocycles. The monoisotopic (exact) mass is 322 g/mol. The minimum atomic E-state index is -0.756. The van der Waals surface area contributed by atoms with Crippen LogP contribution in [0.25, 0.3) is 0 Å². The number of likely N-dealkylation sites (tertiary alicyclic amines) is 1. The number of amides is 2. The molecule has 0 saturated carbocycles. The molecule has 122 valence electrons. The zero-order valence-corrected chi connectivity index (χ0v) is 13.5. The Morgan fingerprint density at radius 2 is 1.58 bits per heavy atom. The standard InChI is InChI=1S/C19H18N2O3/c1-12-8-10-13(11-9-12)16-15-17(19(23)20(2)18(15)22)24-21(16)14-6-4-3-5-7-14/h3-11,15-17H,1-2H3/t15-,16-,17+/m0/s1. The second-order valence-electron chi connectivity index (χ2n) is 6.30. The second kappa shape index (κ2) is 5.46. The quantitative estimate of drug-likeness (QED) is 0.797. The number of para-hydroxylation sites is 1. The minimum absolute atomic E-state index is 0.186. The van der Waals surface area contributed by atoms with E-state index in [1.165, 1.54) is 11.9 Å². The molecule has 0 unspecified atom stereocenters. The lowest BCUT2D eigenvalue weighted by atomic mass is 9.90. The fourth-order valence-electron chi connectivity index (χ4n) is 3.45. The summed E-state index contributed by atoms with van der Waals surface area (Å²) in [6, 6.07) is 17.3. The summed E-state index contributed by atoms with van der Waals surface area (Å²) in [7, 11) is 1.52. The van der Waals surface area contributed by atoms with Gasteiger partial charge in [0, 0.05) is 7.05 Å². The number of benzene rings is 2. The van der Waals surface area contributed by atoms with Crippen LogP contribution in [0.1, 0.15) is 17.2 Å². The van der Waals surface area contributed by atoms with Gasteiger partial charge in [0.15, 0.2) is 6.10 Å². The van der Waals surface area contributed by atoms with E-state index in [0.717, 1.165) is 16.8 Å². The summed E-state index contributed by atoms with van der Waals surface area (Å²) in [6.45, 7) is 2.02. The van der Waals surface area contributed by atoms with Crippen molar-refractivity contribution in [1.82, 2.24) is 4.90 Å². The first-order valence-corrected chi connectivity index (χ1v) is 7.97. The number of rotatable bonds is 2. The number of fused-ring (bicyclic) bond motifs is 1. The Morgan fingerprint density at radius 1 is 0.917 bits per heavy atom. The molecule has 0 aliphatic carbocycles. The lowest BCUT2D eigenvalue weighted by Gasteiger charge is -2.28. The molecule has 2 fully saturated rings. The number of anilines is 1. The van der Waals surface area contributed by atoms with E-state index in [1.54, 1.807) is 5.06 Å². The SMILES string of the molecule is Cc1ccc([C@H]2[C@@H]3C(=O)N(C)C(=O)[C@@H]3ON2c2ccccc2)cc1. The van der Waals surface area contributed by atoms with E-state index in [1.807, 2.05) is 61.5 Å². The number of aryl methyl sites for hydroxylation is 1. The van der Waals surface area contributed by atoms with Gasteiger partial charge in [-0.15, -0.1) is 0 Å². The third kappa shape index (κ3) is 2.12. The molecule has 2 aliphatic heterocycles. The lowest BCUT2D eigenvalue weighted by Crippen LogP contribution is -2.34. The highest BCUT2D eigenvalue weighted by Crippen LogP contribution is 2.46. The average molecular weight is 322 g/mol. The van der Waals surface area contributed by atoms with E-state index < -0.39 is 12.0 Å². The third-order valence-corrected chi connectivity index (χ3v) is 4.77. The maximum atomic E-state index is 12.6. The van der Waals surface area contributed by atoms with Crippen molar-refractivity contribution in [2.75, 3.05) is 12.1 Å². The van der Waals surface area contributed by atoms with E-state index in [-0.39, 0.29) is 17.9 Å². The highest BCUT2D eigenvalue weighted by Gasteiger charge is 2.58. The van der Waals surface area contributed by atoms with Crippen LogP contribution in [0.2, 0.25) is 0 Å². The molecule has 2 heterocycles. The van der Waals surface area contributed by atoms with E-state index in [2.05, 4.69) is 0 Å². The van der Waals surface area contributed by atoms with E-state index in [0.29, 0.717) is 0 Å². The van der Waals surface area contributed by atoms with Gasteiger partial charge in [-0.25, -0.2) is 5.06 Å². The molecular weight excluding hydrogens is 304 g/mol. The van der Waals surface area contributed by atoms with Crippen LogP contribution in [0.3, 0.4) is 0 Å². The maximum absolute atomic E-state index is 12.6.